The number of rotatable bonds is 0. The van der Waals surface area contributed by atoms with Gasteiger partial charge in [-0.25, -0.2) is 0 Å². The molecule has 7 N–H and O–H groups in total. The van der Waals surface area contributed by atoms with E-state index in [0.717, 1.165) is 0 Å². The Morgan fingerprint density at radius 3 is 1.00 bits per heavy atom. The third-order valence-electron chi connectivity index (χ3n) is 0. The topological polar surface area (TPSA) is 71.5 Å². The van der Waals surface area contributed by atoms with Crippen LogP contribution in [0.2, 0.25) is 0 Å². The molecule has 0 amide bonds. The molecule has 0 rings (SSSR count). The molecule has 2 nitrogen and oxygen atoms in total. The molecule has 0 bridgehead atoms. The molecule has 0 aliphatic heterocycles. The summed E-state index contributed by atoms with van der Waals surface area (Å²) in [7, 11) is 0. The fraction of sp³-hybridized carbons (Fsp3) is 0. The zero-order chi connectivity index (χ0) is 0. The van der Waals surface area contributed by atoms with E-state index in [1.54, 1.807) is 0 Å². The van der Waals surface area contributed by atoms with Gasteiger partial charge in [0, 0.05) is 29.6 Å². The van der Waals surface area contributed by atoms with Gasteiger partial charge in [-0.05, 0) is 0 Å². The van der Waals surface area contributed by atoms with Gasteiger partial charge in [0.25, 0.3) is 0 Å². The molecule has 0 heterocycles. The van der Waals surface area contributed by atoms with Gasteiger partial charge in [0.2, 0.25) is 0 Å². The molecule has 0 saturated carbocycles. The van der Waals surface area contributed by atoms with Crippen molar-refractivity contribution < 1.29 is 12.4 Å². The second-order valence-corrected chi connectivity index (χ2v) is 0. The Morgan fingerprint density at radius 1 is 1.00 bits per heavy atom. The first-order valence-corrected chi connectivity index (χ1v) is 0. The smallest absolute Gasteiger partial charge is 0 e. The van der Waals surface area contributed by atoms with Crippen molar-refractivity contribution in [1.82, 2.24) is 12.3 Å². The van der Waals surface area contributed by atoms with Crippen molar-refractivity contribution in [2.45, 2.75) is 0 Å². The van der Waals surface area contributed by atoms with Gasteiger partial charge in [0.05, 0.1) is 0 Å². The van der Waals surface area contributed by atoms with Crippen LogP contribution in [-0.2, 0) is 0 Å². The van der Waals surface area contributed by atoms with Crippen LogP contribution in [0.5, 0.6) is 0 Å². The summed E-state index contributed by atoms with van der Waals surface area (Å²) in [6.45, 7) is 0. The van der Waals surface area contributed by atoms with E-state index in [1.165, 1.54) is 0 Å². The fourth-order valence-electron chi connectivity index (χ4n) is 0. The molecule has 4 heteroatoms. The average molecular weight is 93.5 g/mol. The van der Waals surface area contributed by atoms with Gasteiger partial charge in [-0.1, -0.05) is 0 Å². The van der Waals surface area contributed by atoms with E-state index in [0.29, 0.717) is 0 Å². The molecule has 25 valence electrons. The molecule has 0 aromatic heterocycles. The van der Waals surface area contributed by atoms with Crippen molar-refractivity contribution in [3.05, 3.63) is 0 Å². The van der Waals surface area contributed by atoms with Gasteiger partial charge < -0.3 is 24.7 Å². The van der Waals surface area contributed by atoms with Crippen LogP contribution in [0.4, 0.5) is 0 Å². The predicted molar refractivity (Wildman–Crippen MR) is 16.8 cm³/mol. The molecule has 0 aliphatic rings. The maximum Gasteiger partial charge on any atom is 0 e. The van der Waals surface area contributed by atoms with E-state index in [4.69, 9.17) is 0 Å². The zero-order valence-electron chi connectivity index (χ0n) is 3.09. The molecule has 0 aromatic carbocycles. The van der Waals surface area contributed by atoms with Crippen LogP contribution >= 0.6 is 0 Å². The molecule has 0 aromatic rings. The quantitative estimate of drug-likeness (QED) is 0.311. The van der Waals surface area contributed by atoms with E-state index in [-0.39, 0.29) is 54.3 Å². The molecule has 0 saturated heterocycles. The minimum Gasteiger partial charge on any atom is -1.00 e. The Morgan fingerprint density at radius 2 is 1.00 bits per heavy atom. The maximum atomic E-state index is 0. The Labute approximate surface area is 54.2 Å². The minimum absolute atomic E-state index is 0. The molecule has 1 radical (unpaired) electrons. The number of hydrogen-bond acceptors (Lipinski definition) is 1. The van der Waals surface area contributed by atoms with Crippen LogP contribution in [0.1, 0.15) is 0 Å². The predicted octanol–water partition coefficient (Wildman–Crippen LogP) is -2.84. The number of quaternary nitrogens is 1. The fourth-order valence-corrected chi connectivity index (χ4v) is 0. The Balaban J connectivity index is 0. The average Bonchev–Trinajstić information content (AvgIpc) is 0. The third-order valence-corrected chi connectivity index (χ3v) is 0. The van der Waals surface area contributed by atoms with Crippen LogP contribution in [0, 0.1) is 0 Å². The van der Waals surface area contributed by atoms with Gasteiger partial charge in [-0.15, -0.1) is 0 Å². The minimum atomic E-state index is 0. The second-order valence-electron chi connectivity index (χ2n) is 0. The first-order chi connectivity index (χ1) is 0. The third kappa shape index (κ3) is 10.7. The molecule has 0 spiro atoms. The van der Waals surface area contributed by atoms with E-state index >= 15 is 0 Å². The van der Waals surface area contributed by atoms with Crippen molar-refractivity contribution in [1.29, 1.82) is 0 Å². The van der Waals surface area contributed by atoms with Crippen LogP contribution < -0.4 is 24.7 Å². The molecule has 0 fully saturated rings. The summed E-state index contributed by atoms with van der Waals surface area (Å²) in [6, 6.07) is 0. The SMILES string of the molecule is N.[Cl-].[NH4+].[Na]. The molecular formula is H7ClN2Na. The summed E-state index contributed by atoms with van der Waals surface area (Å²) >= 11 is 0. The van der Waals surface area contributed by atoms with Gasteiger partial charge in [-0.2, -0.15) is 0 Å². The Hall–Kier alpha value is 1.21. The Bertz CT molecular complexity index is 6.00. The summed E-state index contributed by atoms with van der Waals surface area (Å²) in [4.78, 5) is 0. The summed E-state index contributed by atoms with van der Waals surface area (Å²) in [5, 5.41) is 0. The van der Waals surface area contributed by atoms with Crippen molar-refractivity contribution in [2.75, 3.05) is 0 Å². The van der Waals surface area contributed by atoms with Crippen molar-refractivity contribution in [2.24, 2.45) is 0 Å². The summed E-state index contributed by atoms with van der Waals surface area (Å²) in [5.41, 5.74) is 0. The molecule has 0 atom stereocenters. The first-order valence-electron chi connectivity index (χ1n) is 0. The zero-order valence-corrected chi connectivity index (χ0v) is 5.84. The van der Waals surface area contributed by atoms with Gasteiger partial charge in [-0.3, -0.25) is 0 Å². The van der Waals surface area contributed by atoms with Gasteiger partial charge in [0.15, 0.2) is 0 Å². The van der Waals surface area contributed by atoms with E-state index < -0.39 is 0 Å². The Kier molecular flexibility index (Phi) is 467. The number of halogens is 1. The van der Waals surface area contributed by atoms with Crippen LogP contribution in [-0.4, -0.2) is 29.6 Å². The van der Waals surface area contributed by atoms with Crippen LogP contribution in [0.25, 0.3) is 0 Å². The van der Waals surface area contributed by atoms with Crippen molar-refractivity contribution in [3.63, 3.8) is 0 Å². The molecule has 0 unspecified atom stereocenters. The summed E-state index contributed by atoms with van der Waals surface area (Å²) < 4.78 is 0. The first kappa shape index (κ1) is 63.1. The number of hydrogen-bond donors (Lipinski definition) is 2. The normalized spacial score (nSPS) is 0. The molecular weight excluding hydrogens is 86.5 g/mol. The molecule has 0 aliphatic carbocycles. The van der Waals surface area contributed by atoms with Crippen molar-refractivity contribution in [3.8, 4) is 0 Å². The van der Waals surface area contributed by atoms with Gasteiger partial charge in [0.1, 0.15) is 0 Å². The second kappa shape index (κ2) is 29.6. The largest absolute Gasteiger partial charge is 1.00 e. The van der Waals surface area contributed by atoms with E-state index in [2.05, 4.69) is 0 Å². The summed E-state index contributed by atoms with van der Waals surface area (Å²) in [5.74, 6) is 0. The van der Waals surface area contributed by atoms with Crippen molar-refractivity contribution >= 4 is 29.6 Å². The monoisotopic (exact) mass is 93.0 g/mol. The van der Waals surface area contributed by atoms with E-state index in [9.17, 15) is 0 Å². The molecule has 4 heavy (non-hydrogen) atoms. The van der Waals surface area contributed by atoms with Gasteiger partial charge >= 0.3 is 0 Å². The maximum absolute atomic E-state index is 0. The van der Waals surface area contributed by atoms with E-state index in [1.807, 2.05) is 0 Å². The summed E-state index contributed by atoms with van der Waals surface area (Å²) in [6.07, 6.45) is 0. The standard InChI is InChI=1S/ClH.2H3N.Na/h1H;2*1H3;. The van der Waals surface area contributed by atoms with Crippen LogP contribution in [0.3, 0.4) is 0 Å². The van der Waals surface area contributed by atoms with Crippen LogP contribution in [0.15, 0.2) is 0 Å².